The Bertz CT molecular complexity index is 978. The number of phenolic OH excluding ortho intramolecular Hbond substituents is 1. The molecule has 2 N–H and O–H groups in total. The fourth-order valence-electron chi connectivity index (χ4n) is 2.44. The molecule has 5 nitrogen and oxygen atoms in total. The third-order valence-corrected chi connectivity index (χ3v) is 4.43. The highest BCUT2D eigenvalue weighted by Gasteiger charge is 2.14. The minimum Gasteiger partial charge on any atom is -0.504 e. The minimum atomic E-state index is -0.600. The summed E-state index contributed by atoms with van der Waals surface area (Å²) in [4.78, 5) is 12.5. The van der Waals surface area contributed by atoms with Crippen LogP contribution in [0.25, 0.3) is 6.08 Å². The number of amides is 1. The van der Waals surface area contributed by atoms with Gasteiger partial charge < -0.3 is 15.2 Å². The first-order valence-electron chi connectivity index (χ1n) is 8.37. The SMILES string of the molecule is C=CCc1cc(/C=C(/C#N)C(=O)Nc2ccc(Cl)c(Cl)c2)cc(OCC)c1O. The highest BCUT2D eigenvalue weighted by atomic mass is 35.5. The number of hydrogen-bond donors (Lipinski definition) is 2. The van der Waals surface area contributed by atoms with Crippen LogP contribution in [-0.2, 0) is 11.2 Å². The van der Waals surface area contributed by atoms with Crippen LogP contribution in [0.3, 0.4) is 0 Å². The molecule has 0 atom stereocenters. The summed E-state index contributed by atoms with van der Waals surface area (Å²) >= 11 is 11.8. The van der Waals surface area contributed by atoms with E-state index in [1.54, 1.807) is 37.3 Å². The summed E-state index contributed by atoms with van der Waals surface area (Å²) in [5, 5.41) is 22.9. The molecule has 2 aromatic rings. The molecular weight excluding hydrogens is 399 g/mol. The highest BCUT2D eigenvalue weighted by molar-refractivity contribution is 6.42. The lowest BCUT2D eigenvalue weighted by molar-refractivity contribution is -0.112. The molecule has 0 bridgehead atoms. The van der Waals surface area contributed by atoms with Gasteiger partial charge in [0.15, 0.2) is 11.5 Å². The number of anilines is 1. The number of carbonyl (C=O) groups is 1. The number of nitriles is 1. The topological polar surface area (TPSA) is 82.4 Å². The van der Waals surface area contributed by atoms with Gasteiger partial charge in [-0.2, -0.15) is 5.26 Å². The second-order valence-corrected chi connectivity index (χ2v) is 6.52. The average Bonchev–Trinajstić information content (AvgIpc) is 2.66. The van der Waals surface area contributed by atoms with Gasteiger partial charge in [0, 0.05) is 11.3 Å². The lowest BCUT2D eigenvalue weighted by atomic mass is 10.0. The number of hydrogen-bond acceptors (Lipinski definition) is 4. The molecule has 2 aromatic carbocycles. The minimum absolute atomic E-state index is 0.0117. The molecule has 0 saturated heterocycles. The molecule has 0 unspecified atom stereocenters. The Labute approximate surface area is 173 Å². The molecule has 144 valence electrons. The summed E-state index contributed by atoms with van der Waals surface area (Å²) in [7, 11) is 0. The number of rotatable bonds is 7. The number of nitrogens with zero attached hydrogens (tertiary/aromatic N) is 1. The molecule has 0 fully saturated rings. The van der Waals surface area contributed by atoms with E-state index in [4.69, 9.17) is 27.9 Å². The number of benzene rings is 2. The molecule has 0 saturated carbocycles. The van der Waals surface area contributed by atoms with Crippen LogP contribution in [0.1, 0.15) is 18.1 Å². The van der Waals surface area contributed by atoms with Crippen LogP contribution in [0.15, 0.2) is 48.6 Å². The average molecular weight is 417 g/mol. The number of ether oxygens (including phenoxy) is 1. The van der Waals surface area contributed by atoms with Crippen LogP contribution >= 0.6 is 23.2 Å². The predicted octanol–water partition coefficient (Wildman–Crippen LogP) is 5.37. The second-order valence-electron chi connectivity index (χ2n) is 5.71. The fourth-order valence-corrected chi connectivity index (χ4v) is 2.73. The van der Waals surface area contributed by atoms with Gasteiger partial charge >= 0.3 is 0 Å². The van der Waals surface area contributed by atoms with Crippen molar-refractivity contribution in [1.82, 2.24) is 0 Å². The summed E-state index contributed by atoms with van der Waals surface area (Å²) in [6, 6.07) is 9.74. The van der Waals surface area contributed by atoms with Crippen LogP contribution in [0.4, 0.5) is 5.69 Å². The third kappa shape index (κ3) is 5.29. The van der Waals surface area contributed by atoms with Crippen molar-refractivity contribution < 1.29 is 14.6 Å². The summed E-state index contributed by atoms with van der Waals surface area (Å²) in [6.45, 7) is 5.81. The van der Waals surface area contributed by atoms with E-state index >= 15 is 0 Å². The zero-order valence-electron chi connectivity index (χ0n) is 15.1. The predicted molar refractivity (Wildman–Crippen MR) is 112 cm³/mol. The van der Waals surface area contributed by atoms with Gasteiger partial charge in [-0.25, -0.2) is 0 Å². The van der Waals surface area contributed by atoms with E-state index in [9.17, 15) is 15.2 Å². The van der Waals surface area contributed by atoms with E-state index in [1.165, 1.54) is 12.1 Å². The molecule has 0 aliphatic heterocycles. The van der Waals surface area contributed by atoms with Crippen molar-refractivity contribution in [3.63, 3.8) is 0 Å². The van der Waals surface area contributed by atoms with Crippen LogP contribution in [-0.4, -0.2) is 17.6 Å². The molecule has 0 aliphatic carbocycles. The Balaban J connectivity index is 2.36. The molecule has 0 aliphatic rings. The summed E-state index contributed by atoms with van der Waals surface area (Å²) < 4.78 is 5.44. The van der Waals surface area contributed by atoms with Crippen molar-refractivity contribution in [1.29, 1.82) is 5.26 Å². The Hall–Kier alpha value is -2.94. The van der Waals surface area contributed by atoms with E-state index in [1.807, 2.05) is 6.07 Å². The standard InChI is InChI=1S/C21H18Cl2N2O3/c1-3-5-14-8-13(10-19(20(14)26)28-4-2)9-15(12-24)21(27)25-16-6-7-17(22)18(23)11-16/h3,6-11,26H,1,4-5H2,2H3,(H,25,27)/b15-9-. The number of phenols is 1. The van der Waals surface area contributed by atoms with Crippen LogP contribution in [0.2, 0.25) is 10.0 Å². The molecule has 0 aromatic heterocycles. The van der Waals surface area contributed by atoms with E-state index in [0.717, 1.165) is 0 Å². The number of carbonyl (C=O) groups excluding carboxylic acids is 1. The second kappa shape index (κ2) is 9.84. The van der Waals surface area contributed by atoms with E-state index in [0.29, 0.717) is 34.9 Å². The zero-order valence-corrected chi connectivity index (χ0v) is 16.6. The maximum Gasteiger partial charge on any atom is 0.266 e. The lowest BCUT2D eigenvalue weighted by Gasteiger charge is -2.11. The quantitative estimate of drug-likeness (QED) is 0.360. The molecule has 1 amide bonds. The summed E-state index contributed by atoms with van der Waals surface area (Å²) in [6.07, 6.45) is 3.47. The van der Waals surface area contributed by atoms with Crippen LogP contribution < -0.4 is 10.1 Å². The van der Waals surface area contributed by atoms with Crippen molar-refractivity contribution in [2.24, 2.45) is 0 Å². The van der Waals surface area contributed by atoms with Gasteiger partial charge in [0.1, 0.15) is 11.6 Å². The van der Waals surface area contributed by atoms with E-state index < -0.39 is 5.91 Å². The van der Waals surface area contributed by atoms with Crippen LogP contribution in [0, 0.1) is 11.3 Å². The fraction of sp³-hybridized carbons (Fsp3) is 0.143. The van der Waals surface area contributed by atoms with Crippen molar-refractivity contribution in [2.75, 3.05) is 11.9 Å². The normalized spacial score (nSPS) is 10.9. The largest absolute Gasteiger partial charge is 0.504 e. The molecule has 7 heteroatoms. The van der Waals surface area contributed by atoms with Gasteiger partial charge in [0.05, 0.1) is 16.7 Å². The van der Waals surface area contributed by atoms with E-state index in [-0.39, 0.29) is 22.1 Å². The third-order valence-electron chi connectivity index (χ3n) is 3.69. The zero-order chi connectivity index (χ0) is 20.7. The van der Waals surface area contributed by atoms with Crippen molar-refractivity contribution in [2.45, 2.75) is 13.3 Å². The summed E-state index contributed by atoms with van der Waals surface area (Å²) in [5.41, 5.74) is 1.41. The summed E-state index contributed by atoms with van der Waals surface area (Å²) in [5.74, 6) is -0.315. The van der Waals surface area contributed by atoms with Gasteiger partial charge in [0.25, 0.3) is 5.91 Å². The smallest absolute Gasteiger partial charge is 0.266 e. The first kappa shape index (κ1) is 21.4. The van der Waals surface area contributed by atoms with Gasteiger partial charge in [-0.05, 0) is 55.3 Å². The maximum absolute atomic E-state index is 12.5. The molecule has 0 radical (unpaired) electrons. The maximum atomic E-state index is 12.5. The first-order valence-corrected chi connectivity index (χ1v) is 9.13. The number of allylic oxidation sites excluding steroid dienone is 1. The Morgan fingerprint density at radius 3 is 2.68 bits per heavy atom. The molecular formula is C21H18Cl2N2O3. The first-order chi connectivity index (χ1) is 13.4. The van der Waals surface area contributed by atoms with Crippen LogP contribution in [0.5, 0.6) is 11.5 Å². The number of nitrogens with one attached hydrogen (secondary N) is 1. The van der Waals surface area contributed by atoms with Crippen molar-refractivity contribution in [3.05, 3.63) is 69.7 Å². The molecule has 0 heterocycles. The molecule has 0 spiro atoms. The Kier molecular flexibility index (Phi) is 7.51. The Morgan fingerprint density at radius 2 is 2.07 bits per heavy atom. The molecule has 28 heavy (non-hydrogen) atoms. The highest BCUT2D eigenvalue weighted by Crippen LogP contribution is 2.33. The Morgan fingerprint density at radius 1 is 1.32 bits per heavy atom. The van der Waals surface area contributed by atoms with Gasteiger partial charge in [-0.1, -0.05) is 29.3 Å². The number of aromatic hydroxyl groups is 1. The monoisotopic (exact) mass is 416 g/mol. The van der Waals surface area contributed by atoms with Gasteiger partial charge in [-0.3, -0.25) is 4.79 Å². The van der Waals surface area contributed by atoms with Gasteiger partial charge in [0.2, 0.25) is 0 Å². The van der Waals surface area contributed by atoms with Gasteiger partial charge in [-0.15, -0.1) is 6.58 Å². The van der Waals surface area contributed by atoms with Crippen molar-refractivity contribution >= 4 is 40.9 Å². The number of halogens is 2. The molecule has 2 rings (SSSR count). The van der Waals surface area contributed by atoms with E-state index in [2.05, 4.69) is 11.9 Å². The lowest BCUT2D eigenvalue weighted by Crippen LogP contribution is -2.13. The van der Waals surface area contributed by atoms with Crippen molar-refractivity contribution in [3.8, 4) is 17.6 Å².